The van der Waals surface area contributed by atoms with E-state index in [0.717, 1.165) is 40.2 Å². The third-order valence-corrected chi connectivity index (χ3v) is 5.56. The summed E-state index contributed by atoms with van der Waals surface area (Å²) < 4.78 is 13.6. The quantitative estimate of drug-likeness (QED) is 0.295. The molecule has 36 heavy (non-hydrogen) atoms. The van der Waals surface area contributed by atoms with Crippen LogP contribution in [0.25, 0.3) is 16.7 Å². The van der Waals surface area contributed by atoms with Gasteiger partial charge in [0.15, 0.2) is 0 Å². The lowest BCUT2D eigenvalue weighted by Gasteiger charge is -2.10. The number of ether oxygens (including phenoxy) is 2. The van der Waals surface area contributed by atoms with E-state index in [4.69, 9.17) is 9.47 Å². The summed E-state index contributed by atoms with van der Waals surface area (Å²) in [7, 11) is 0. The molecular weight excluding hydrogens is 454 g/mol. The maximum absolute atomic E-state index is 12.6. The van der Waals surface area contributed by atoms with Crippen LogP contribution in [0.15, 0.2) is 97.8 Å². The summed E-state index contributed by atoms with van der Waals surface area (Å²) in [6.07, 6.45) is 9.36. The molecule has 0 unspecified atom stereocenters. The van der Waals surface area contributed by atoms with Crippen molar-refractivity contribution in [1.82, 2.24) is 24.8 Å². The molecule has 5 rings (SSSR count). The minimum absolute atomic E-state index is 0.154. The SMILES string of the molecule is O=C(NCc1cccnc1)c1ccc2c(c1)ncn2-c1cccc(OCCCOc2ccncc2)c1. The van der Waals surface area contributed by atoms with Crippen molar-refractivity contribution in [2.24, 2.45) is 0 Å². The van der Waals surface area contributed by atoms with Crippen molar-refractivity contribution in [3.8, 4) is 17.2 Å². The fourth-order valence-corrected chi connectivity index (χ4v) is 3.74. The third-order valence-electron chi connectivity index (χ3n) is 5.56. The minimum atomic E-state index is -0.154. The summed E-state index contributed by atoms with van der Waals surface area (Å²) in [4.78, 5) is 25.2. The molecule has 0 fully saturated rings. The number of hydrogen-bond donors (Lipinski definition) is 1. The first-order valence-corrected chi connectivity index (χ1v) is 11.7. The van der Waals surface area contributed by atoms with Crippen molar-refractivity contribution in [3.63, 3.8) is 0 Å². The van der Waals surface area contributed by atoms with Crippen molar-refractivity contribution in [1.29, 1.82) is 0 Å². The predicted octanol–water partition coefficient (Wildman–Crippen LogP) is 4.59. The van der Waals surface area contributed by atoms with Crippen LogP contribution >= 0.6 is 0 Å². The number of carbonyl (C=O) groups is 1. The van der Waals surface area contributed by atoms with Gasteiger partial charge in [0.05, 0.1) is 29.9 Å². The number of nitrogens with one attached hydrogen (secondary N) is 1. The number of nitrogens with zero attached hydrogens (tertiary/aromatic N) is 4. The molecule has 8 heteroatoms. The second kappa shape index (κ2) is 11.1. The largest absolute Gasteiger partial charge is 0.493 e. The number of fused-ring (bicyclic) bond motifs is 1. The summed E-state index contributed by atoms with van der Waals surface area (Å²) in [5.41, 5.74) is 4.07. The van der Waals surface area contributed by atoms with Gasteiger partial charge in [0.1, 0.15) is 17.8 Å². The van der Waals surface area contributed by atoms with Crippen LogP contribution in [-0.4, -0.2) is 38.6 Å². The van der Waals surface area contributed by atoms with Gasteiger partial charge >= 0.3 is 0 Å². The normalized spacial score (nSPS) is 10.8. The Morgan fingerprint density at radius 2 is 1.72 bits per heavy atom. The van der Waals surface area contributed by atoms with Gasteiger partial charge in [0, 0.05) is 49.4 Å². The fraction of sp³-hybridized carbons (Fsp3) is 0.143. The summed E-state index contributed by atoms with van der Waals surface area (Å²) in [6, 6.07) is 20.8. The standard InChI is InChI=1S/C28H25N5O3/c34-28(31-19-21-4-2-11-30-18-21)22-7-8-27-26(16-22)32-20-33(27)23-5-1-6-25(17-23)36-15-3-14-35-24-9-12-29-13-10-24/h1-2,4-13,16-18,20H,3,14-15,19H2,(H,31,34). The van der Waals surface area contributed by atoms with Crippen molar-refractivity contribution in [2.45, 2.75) is 13.0 Å². The number of benzene rings is 2. The topological polar surface area (TPSA) is 91.2 Å². The van der Waals surface area contributed by atoms with Gasteiger partial charge in [0.25, 0.3) is 5.91 Å². The maximum Gasteiger partial charge on any atom is 0.251 e. The molecule has 1 amide bonds. The van der Waals surface area contributed by atoms with Crippen LogP contribution in [0.5, 0.6) is 11.5 Å². The van der Waals surface area contributed by atoms with E-state index in [1.165, 1.54) is 0 Å². The van der Waals surface area contributed by atoms with Crippen LogP contribution < -0.4 is 14.8 Å². The van der Waals surface area contributed by atoms with Crippen LogP contribution in [0.3, 0.4) is 0 Å². The molecule has 0 saturated carbocycles. The van der Waals surface area contributed by atoms with Crippen LogP contribution in [0.2, 0.25) is 0 Å². The first-order valence-electron chi connectivity index (χ1n) is 11.7. The second-order valence-corrected chi connectivity index (χ2v) is 8.09. The maximum atomic E-state index is 12.6. The average molecular weight is 480 g/mol. The van der Waals surface area contributed by atoms with E-state index in [1.807, 2.05) is 65.2 Å². The van der Waals surface area contributed by atoms with Crippen molar-refractivity contribution >= 4 is 16.9 Å². The molecule has 3 aromatic heterocycles. The molecule has 0 bridgehead atoms. The summed E-state index contributed by atoms with van der Waals surface area (Å²) in [6.45, 7) is 1.52. The first kappa shape index (κ1) is 23.0. The first-order chi connectivity index (χ1) is 17.8. The highest BCUT2D eigenvalue weighted by molar-refractivity contribution is 5.97. The van der Waals surface area contributed by atoms with Crippen molar-refractivity contribution in [3.05, 3.63) is 109 Å². The van der Waals surface area contributed by atoms with Gasteiger partial charge in [-0.2, -0.15) is 0 Å². The van der Waals surface area contributed by atoms with Gasteiger partial charge in [-0.1, -0.05) is 12.1 Å². The fourth-order valence-electron chi connectivity index (χ4n) is 3.74. The molecule has 0 radical (unpaired) electrons. The zero-order chi connectivity index (χ0) is 24.6. The van der Waals surface area contributed by atoms with Gasteiger partial charge in [0.2, 0.25) is 0 Å². The van der Waals surface area contributed by atoms with Crippen LogP contribution in [0, 0.1) is 0 Å². The lowest BCUT2D eigenvalue weighted by molar-refractivity contribution is 0.0951. The summed E-state index contributed by atoms with van der Waals surface area (Å²) >= 11 is 0. The van der Waals surface area contributed by atoms with E-state index < -0.39 is 0 Å². The second-order valence-electron chi connectivity index (χ2n) is 8.09. The van der Waals surface area contributed by atoms with Crippen molar-refractivity contribution < 1.29 is 14.3 Å². The smallest absolute Gasteiger partial charge is 0.251 e. The molecule has 180 valence electrons. The number of aromatic nitrogens is 4. The lowest BCUT2D eigenvalue weighted by atomic mass is 10.1. The lowest BCUT2D eigenvalue weighted by Crippen LogP contribution is -2.22. The molecule has 5 aromatic rings. The zero-order valence-electron chi connectivity index (χ0n) is 19.6. The number of amides is 1. The zero-order valence-corrected chi connectivity index (χ0v) is 19.6. The van der Waals surface area contributed by atoms with Gasteiger partial charge in [-0.25, -0.2) is 4.98 Å². The number of carbonyl (C=O) groups excluding carboxylic acids is 1. The highest BCUT2D eigenvalue weighted by Gasteiger charge is 2.11. The Hall–Kier alpha value is -4.72. The van der Waals surface area contributed by atoms with Crippen LogP contribution in [0.4, 0.5) is 0 Å². The molecule has 0 aliphatic carbocycles. The van der Waals surface area contributed by atoms with Crippen LogP contribution in [0.1, 0.15) is 22.3 Å². The molecule has 8 nitrogen and oxygen atoms in total. The highest BCUT2D eigenvalue weighted by atomic mass is 16.5. The Morgan fingerprint density at radius 3 is 2.56 bits per heavy atom. The van der Waals surface area contributed by atoms with E-state index in [9.17, 15) is 4.79 Å². The predicted molar refractivity (Wildman–Crippen MR) is 136 cm³/mol. The molecule has 3 heterocycles. The van der Waals surface area contributed by atoms with E-state index in [2.05, 4.69) is 20.3 Å². The Kier molecular flexibility index (Phi) is 7.13. The Morgan fingerprint density at radius 1 is 0.861 bits per heavy atom. The Bertz CT molecular complexity index is 1440. The monoisotopic (exact) mass is 479 g/mol. The molecule has 0 aliphatic rings. The molecule has 0 atom stereocenters. The molecule has 2 aromatic carbocycles. The van der Waals surface area contributed by atoms with Crippen molar-refractivity contribution in [2.75, 3.05) is 13.2 Å². The molecule has 0 aliphatic heterocycles. The van der Waals surface area contributed by atoms with E-state index in [0.29, 0.717) is 25.3 Å². The third kappa shape index (κ3) is 5.67. The highest BCUT2D eigenvalue weighted by Crippen LogP contribution is 2.23. The van der Waals surface area contributed by atoms with Gasteiger partial charge in [-0.3, -0.25) is 19.3 Å². The van der Waals surface area contributed by atoms with Gasteiger partial charge in [-0.15, -0.1) is 0 Å². The molecular formula is C28H25N5O3. The molecule has 1 N–H and O–H groups in total. The Balaban J connectivity index is 1.20. The number of pyridine rings is 2. The average Bonchev–Trinajstić information content (AvgIpc) is 3.36. The number of imidazole rings is 1. The molecule has 0 spiro atoms. The van der Waals surface area contributed by atoms with E-state index in [-0.39, 0.29) is 5.91 Å². The minimum Gasteiger partial charge on any atom is -0.493 e. The number of hydrogen-bond acceptors (Lipinski definition) is 6. The van der Waals surface area contributed by atoms with E-state index >= 15 is 0 Å². The Labute approximate surface area is 208 Å². The van der Waals surface area contributed by atoms with Gasteiger partial charge < -0.3 is 14.8 Å². The summed E-state index contributed by atoms with van der Waals surface area (Å²) in [5, 5.41) is 2.92. The number of rotatable bonds is 10. The molecule has 0 saturated heterocycles. The van der Waals surface area contributed by atoms with E-state index in [1.54, 1.807) is 37.2 Å². The summed E-state index contributed by atoms with van der Waals surface area (Å²) in [5.74, 6) is 1.41. The van der Waals surface area contributed by atoms with Gasteiger partial charge in [-0.05, 0) is 54.1 Å². The van der Waals surface area contributed by atoms with Crippen LogP contribution in [-0.2, 0) is 6.54 Å².